The van der Waals surface area contributed by atoms with Crippen LogP contribution in [0.5, 0.6) is 23.3 Å². The van der Waals surface area contributed by atoms with E-state index < -0.39 is 16.1 Å². The first-order valence-electron chi connectivity index (χ1n) is 12.1. The number of benzene rings is 2. The molecule has 1 N–H and O–H groups in total. The lowest BCUT2D eigenvalue weighted by Crippen LogP contribution is -2.44. The van der Waals surface area contributed by atoms with Crippen LogP contribution in [-0.2, 0) is 16.6 Å². The van der Waals surface area contributed by atoms with E-state index in [4.69, 9.17) is 14.2 Å². The summed E-state index contributed by atoms with van der Waals surface area (Å²) in [5.74, 6) is 1.75. The molecule has 37 heavy (non-hydrogen) atoms. The van der Waals surface area contributed by atoms with Crippen LogP contribution in [0.1, 0.15) is 25.7 Å². The fraction of sp³-hybridized carbons (Fsp3) is 0.440. The third kappa shape index (κ3) is 5.97. The summed E-state index contributed by atoms with van der Waals surface area (Å²) in [6, 6.07) is 12.0. The maximum absolute atomic E-state index is 13.2. The average molecular weight is 531 g/mol. The minimum atomic E-state index is -3.93. The first kappa shape index (κ1) is 26.7. The van der Waals surface area contributed by atoms with Crippen molar-refractivity contribution in [3.63, 3.8) is 0 Å². The Labute approximate surface area is 218 Å². The third-order valence-electron chi connectivity index (χ3n) is 6.34. The molecule has 2 heterocycles. The lowest BCUT2D eigenvalue weighted by atomic mass is 10.2. The number of methoxy groups -OCH3 is 2. The SMILES string of the molecule is CCn1c(Oc2cccc(N3CCN(C)CC3)c2)nnc1[C@@H](C)NS(=O)(=O)c1ccc(OC)cc1OC. The summed E-state index contributed by atoms with van der Waals surface area (Å²) in [6.07, 6.45) is 0. The molecule has 200 valence electrons. The van der Waals surface area contributed by atoms with Gasteiger partial charge in [-0.15, -0.1) is 5.10 Å². The highest BCUT2D eigenvalue weighted by Crippen LogP contribution is 2.31. The zero-order valence-corrected chi connectivity index (χ0v) is 22.7. The topological polar surface area (TPSA) is 111 Å². The number of hydrogen-bond donors (Lipinski definition) is 1. The number of ether oxygens (including phenoxy) is 3. The summed E-state index contributed by atoms with van der Waals surface area (Å²) >= 11 is 0. The quantitative estimate of drug-likeness (QED) is 0.423. The molecule has 1 fully saturated rings. The number of sulfonamides is 1. The summed E-state index contributed by atoms with van der Waals surface area (Å²) in [7, 11) is 1.11. The van der Waals surface area contributed by atoms with E-state index in [1.165, 1.54) is 26.4 Å². The summed E-state index contributed by atoms with van der Waals surface area (Å²) in [6.45, 7) is 8.05. The van der Waals surface area contributed by atoms with Crippen LogP contribution in [0.25, 0.3) is 0 Å². The van der Waals surface area contributed by atoms with Crippen LogP contribution in [0.3, 0.4) is 0 Å². The number of nitrogens with one attached hydrogen (secondary N) is 1. The highest BCUT2D eigenvalue weighted by atomic mass is 32.2. The van der Waals surface area contributed by atoms with Crippen molar-refractivity contribution in [3.8, 4) is 23.3 Å². The summed E-state index contributed by atoms with van der Waals surface area (Å²) in [4.78, 5) is 4.64. The van der Waals surface area contributed by atoms with E-state index in [-0.39, 0.29) is 10.6 Å². The lowest BCUT2D eigenvalue weighted by Gasteiger charge is -2.34. The van der Waals surface area contributed by atoms with Gasteiger partial charge in [-0.25, -0.2) is 13.1 Å². The summed E-state index contributed by atoms with van der Waals surface area (Å²) < 4.78 is 47.3. The number of anilines is 1. The maximum Gasteiger partial charge on any atom is 0.322 e. The molecule has 1 saturated heterocycles. The fourth-order valence-electron chi connectivity index (χ4n) is 4.25. The highest BCUT2D eigenvalue weighted by Gasteiger charge is 2.27. The maximum atomic E-state index is 13.2. The minimum Gasteiger partial charge on any atom is -0.497 e. The van der Waals surface area contributed by atoms with Crippen molar-refractivity contribution in [3.05, 3.63) is 48.3 Å². The van der Waals surface area contributed by atoms with Crippen LogP contribution >= 0.6 is 0 Å². The third-order valence-corrected chi connectivity index (χ3v) is 7.92. The Balaban J connectivity index is 1.52. The molecule has 1 aromatic heterocycles. The van der Waals surface area contributed by atoms with E-state index in [1.807, 2.05) is 25.1 Å². The van der Waals surface area contributed by atoms with Crippen LogP contribution in [0, 0.1) is 0 Å². The van der Waals surface area contributed by atoms with E-state index in [2.05, 4.69) is 37.8 Å². The van der Waals surface area contributed by atoms with Crippen molar-refractivity contribution in [2.24, 2.45) is 0 Å². The van der Waals surface area contributed by atoms with Crippen LogP contribution < -0.4 is 23.8 Å². The van der Waals surface area contributed by atoms with Gasteiger partial charge in [0.1, 0.15) is 22.1 Å². The molecule has 12 heteroatoms. The van der Waals surface area contributed by atoms with Crippen LogP contribution in [-0.4, -0.2) is 75.5 Å². The Bertz CT molecular complexity index is 1320. The average Bonchev–Trinajstić information content (AvgIpc) is 3.31. The number of likely N-dealkylation sites (N-methyl/N-ethyl adjacent to an activating group) is 1. The first-order valence-corrected chi connectivity index (χ1v) is 13.6. The monoisotopic (exact) mass is 530 g/mol. The van der Waals surface area contributed by atoms with Crippen molar-refractivity contribution in [2.45, 2.75) is 31.3 Å². The van der Waals surface area contributed by atoms with Gasteiger partial charge in [-0.2, -0.15) is 0 Å². The second-order valence-electron chi connectivity index (χ2n) is 8.83. The zero-order chi connectivity index (χ0) is 26.6. The Morgan fingerprint density at radius 2 is 1.76 bits per heavy atom. The number of rotatable bonds is 10. The van der Waals surface area contributed by atoms with Gasteiger partial charge in [-0.3, -0.25) is 4.57 Å². The van der Waals surface area contributed by atoms with Crippen LogP contribution in [0.4, 0.5) is 5.69 Å². The normalized spacial score (nSPS) is 15.4. The zero-order valence-electron chi connectivity index (χ0n) is 21.8. The van der Waals surface area contributed by atoms with Gasteiger partial charge in [0.25, 0.3) is 0 Å². The van der Waals surface area contributed by atoms with Gasteiger partial charge in [-0.1, -0.05) is 11.2 Å². The Morgan fingerprint density at radius 1 is 1.00 bits per heavy atom. The summed E-state index contributed by atoms with van der Waals surface area (Å²) in [5.41, 5.74) is 1.09. The standard InChI is InChI=1S/C25H34N6O5S/c1-6-31-24(18(2)28-37(32,33)23-11-10-20(34-4)17-22(23)35-5)26-27-25(31)36-21-9-7-8-19(16-21)30-14-12-29(3)13-15-30/h7-11,16-18,28H,6,12-15H2,1-5H3/t18-/m1/s1. The second-order valence-corrected chi connectivity index (χ2v) is 10.5. The molecule has 0 amide bonds. The molecule has 0 aliphatic carbocycles. The molecule has 0 bridgehead atoms. The lowest BCUT2D eigenvalue weighted by molar-refractivity contribution is 0.312. The van der Waals surface area contributed by atoms with E-state index in [0.29, 0.717) is 29.9 Å². The van der Waals surface area contributed by atoms with Gasteiger partial charge in [0.05, 0.1) is 20.3 Å². The molecular weight excluding hydrogens is 496 g/mol. The molecule has 4 rings (SSSR count). The predicted molar refractivity (Wildman–Crippen MR) is 140 cm³/mol. The molecule has 2 aromatic carbocycles. The number of nitrogens with zero attached hydrogens (tertiary/aromatic N) is 5. The number of hydrogen-bond acceptors (Lipinski definition) is 9. The van der Waals surface area contributed by atoms with Gasteiger partial charge < -0.3 is 24.0 Å². The molecule has 1 aliphatic heterocycles. The fourth-order valence-corrected chi connectivity index (χ4v) is 5.60. The molecule has 0 spiro atoms. The van der Waals surface area contributed by atoms with Gasteiger partial charge >= 0.3 is 6.01 Å². The second kappa shape index (κ2) is 11.4. The molecule has 1 atom stereocenters. The van der Waals surface area contributed by atoms with E-state index >= 15 is 0 Å². The predicted octanol–water partition coefficient (Wildman–Crippen LogP) is 2.90. The minimum absolute atomic E-state index is 0.00223. The molecule has 1 aliphatic rings. The van der Waals surface area contributed by atoms with Crippen molar-refractivity contribution in [1.82, 2.24) is 24.4 Å². The van der Waals surface area contributed by atoms with Crippen LogP contribution in [0.15, 0.2) is 47.4 Å². The van der Waals surface area contributed by atoms with Gasteiger partial charge in [0, 0.05) is 50.5 Å². The Hall–Kier alpha value is -3.35. The highest BCUT2D eigenvalue weighted by molar-refractivity contribution is 7.89. The van der Waals surface area contributed by atoms with E-state index in [9.17, 15) is 8.42 Å². The van der Waals surface area contributed by atoms with Gasteiger partial charge in [-0.05, 0) is 45.2 Å². The summed E-state index contributed by atoms with van der Waals surface area (Å²) in [5, 5.41) is 8.45. The molecule has 11 nitrogen and oxygen atoms in total. The Morgan fingerprint density at radius 3 is 2.43 bits per heavy atom. The van der Waals surface area contributed by atoms with E-state index in [1.54, 1.807) is 17.6 Å². The molecule has 0 saturated carbocycles. The van der Waals surface area contributed by atoms with Crippen molar-refractivity contribution in [1.29, 1.82) is 0 Å². The van der Waals surface area contributed by atoms with E-state index in [0.717, 1.165) is 31.9 Å². The number of aromatic nitrogens is 3. The molecule has 0 radical (unpaired) electrons. The molecule has 0 unspecified atom stereocenters. The smallest absolute Gasteiger partial charge is 0.322 e. The first-order chi connectivity index (χ1) is 17.7. The number of piperazine rings is 1. The van der Waals surface area contributed by atoms with Gasteiger partial charge in [0.15, 0.2) is 5.82 Å². The Kier molecular flexibility index (Phi) is 8.20. The van der Waals surface area contributed by atoms with Crippen LogP contribution in [0.2, 0.25) is 0 Å². The van der Waals surface area contributed by atoms with Gasteiger partial charge in [0.2, 0.25) is 10.0 Å². The molecule has 3 aromatic rings. The van der Waals surface area contributed by atoms with Crippen molar-refractivity contribution >= 4 is 15.7 Å². The largest absolute Gasteiger partial charge is 0.497 e. The van der Waals surface area contributed by atoms with Crippen molar-refractivity contribution in [2.75, 3.05) is 52.3 Å². The molecular formula is C25H34N6O5S. The van der Waals surface area contributed by atoms with Crippen molar-refractivity contribution < 1.29 is 22.6 Å².